The van der Waals surface area contributed by atoms with Crippen LogP contribution in [0.15, 0.2) is 28.7 Å². The van der Waals surface area contributed by atoms with Crippen LogP contribution in [0.2, 0.25) is 0 Å². The molecular formula is C13H20BrN. The average Bonchev–Trinajstić information content (AvgIpc) is 2.14. The fraction of sp³-hybridized carbons (Fsp3) is 0.538. The van der Waals surface area contributed by atoms with Crippen molar-refractivity contribution in [3.8, 4) is 0 Å². The second-order valence-corrected chi connectivity index (χ2v) is 6.08. The van der Waals surface area contributed by atoms with Gasteiger partial charge in [-0.05, 0) is 29.9 Å². The van der Waals surface area contributed by atoms with E-state index in [1.165, 1.54) is 5.56 Å². The van der Waals surface area contributed by atoms with Crippen molar-refractivity contribution < 1.29 is 0 Å². The maximum atomic E-state index is 6.17. The largest absolute Gasteiger partial charge is 0.324 e. The minimum absolute atomic E-state index is 0.139. The Balaban J connectivity index is 2.62. The van der Waals surface area contributed by atoms with E-state index < -0.39 is 0 Å². The molecule has 15 heavy (non-hydrogen) atoms. The van der Waals surface area contributed by atoms with Crippen LogP contribution in [0.25, 0.3) is 0 Å². The van der Waals surface area contributed by atoms with Gasteiger partial charge in [-0.25, -0.2) is 0 Å². The van der Waals surface area contributed by atoms with Crippen molar-refractivity contribution in [1.82, 2.24) is 0 Å². The van der Waals surface area contributed by atoms with Crippen LogP contribution in [0.4, 0.5) is 0 Å². The molecule has 0 aliphatic rings. The summed E-state index contributed by atoms with van der Waals surface area (Å²) < 4.78 is 1.12. The highest BCUT2D eigenvalue weighted by Crippen LogP contribution is 2.29. The number of nitrogens with two attached hydrogens (primary N) is 1. The Kier molecular flexibility index (Phi) is 4.35. The zero-order valence-electron chi connectivity index (χ0n) is 9.76. The van der Waals surface area contributed by atoms with Gasteiger partial charge in [0.1, 0.15) is 0 Å². The molecule has 1 nitrogen and oxygen atoms in total. The van der Waals surface area contributed by atoms with Crippen molar-refractivity contribution in [1.29, 1.82) is 0 Å². The summed E-state index contributed by atoms with van der Waals surface area (Å²) in [4.78, 5) is 0. The smallest absolute Gasteiger partial charge is 0.0306 e. The zero-order chi connectivity index (χ0) is 11.5. The normalized spacial score (nSPS) is 13.9. The summed E-state index contributed by atoms with van der Waals surface area (Å²) in [7, 11) is 0. The molecule has 2 N–H and O–H groups in total. The Morgan fingerprint density at radius 3 is 2.40 bits per heavy atom. The summed E-state index contributed by atoms with van der Waals surface area (Å²) >= 11 is 3.54. The third-order valence-electron chi connectivity index (χ3n) is 2.51. The van der Waals surface area contributed by atoms with E-state index in [4.69, 9.17) is 5.73 Å². The van der Waals surface area contributed by atoms with Gasteiger partial charge in [0.25, 0.3) is 0 Å². The summed E-state index contributed by atoms with van der Waals surface area (Å²) in [5.74, 6) is 0. The first-order valence-corrected chi connectivity index (χ1v) is 6.19. The van der Waals surface area contributed by atoms with E-state index in [1.807, 2.05) is 18.2 Å². The summed E-state index contributed by atoms with van der Waals surface area (Å²) in [6, 6.07) is 8.34. The number of benzene rings is 1. The van der Waals surface area contributed by atoms with Crippen LogP contribution in [-0.4, -0.2) is 0 Å². The molecule has 0 radical (unpaired) electrons. The molecule has 1 atom stereocenters. The average molecular weight is 270 g/mol. The van der Waals surface area contributed by atoms with Crippen molar-refractivity contribution in [2.24, 2.45) is 11.1 Å². The van der Waals surface area contributed by atoms with Gasteiger partial charge < -0.3 is 5.73 Å². The lowest BCUT2D eigenvalue weighted by Gasteiger charge is -2.21. The molecule has 0 aliphatic carbocycles. The van der Waals surface area contributed by atoms with Gasteiger partial charge in [-0.1, -0.05) is 54.9 Å². The topological polar surface area (TPSA) is 26.0 Å². The molecule has 1 rings (SSSR count). The van der Waals surface area contributed by atoms with Gasteiger partial charge in [0, 0.05) is 10.5 Å². The molecule has 0 fully saturated rings. The number of hydrogen-bond donors (Lipinski definition) is 1. The second kappa shape index (κ2) is 5.13. The third kappa shape index (κ3) is 4.35. The van der Waals surface area contributed by atoms with Crippen molar-refractivity contribution in [2.45, 2.75) is 39.7 Å². The molecule has 1 aromatic rings. The monoisotopic (exact) mass is 269 g/mol. The van der Waals surface area contributed by atoms with Crippen LogP contribution < -0.4 is 5.73 Å². The van der Waals surface area contributed by atoms with E-state index in [0.717, 1.165) is 17.3 Å². The highest BCUT2D eigenvalue weighted by Gasteiger charge is 2.15. The molecule has 0 heterocycles. The minimum atomic E-state index is 0.139. The standard InChI is InChI=1S/C13H20BrN/c1-13(2,3)9-8-12(15)10-6-4-5-7-11(10)14/h4-7,12H,8-9,15H2,1-3H3. The Bertz CT molecular complexity index is 315. The van der Waals surface area contributed by atoms with Crippen molar-refractivity contribution in [3.05, 3.63) is 34.3 Å². The summed E-state index contributed by atoms with van der Waals surface area (Å²) in [5.41, 5.74) is 7.74. The van der Waals surface area contributed by atoms with Gasteiger partial charge in [-0.2, -0.15) is 0 Å². The minimum Gasteiger partial charge on any atom is -0.324 e. The summed E-state index contributed by atoms with van der Waals surface area (Å²) in [6.07, 6.45) is 2.18. The van der Waals surface area contributed by atoms with Gasteiger partial charge >= 0.3 is 0 Å². The molecule has 0 saturated heterocycles. The van der Waals surface area contributed by atoms with Crippen LogP contribution in [-0.2, 0) is 0 Å². The van der Waals surface area contributed by atoms with E-state index in [1.54, 1.807) is 0 Å². The highest BCUT2D eigenvalue weighted by atomic mass is 79.9. The maximum absolute atomic E-state index is 6.17. The Hall–Kier alpha value is -0.340. The molecule has 0 amide bonds. The first kappa shape index (κ1) is 12.7. The van der Waals surface area contributed by atoms with Gasteiger partial charge in [0.15, 0.2) is 0 Å². The second-order valence-electron chi connectivity index (χ2n) is 5.23. The molecule has 0 aromatic heterocycles. The van der Waals surface area contributed by atoms with Crippen LogP contribution in [0.5, 0.6) is 0 Å². The zero-order valence-corrected chi connectivity index (χ0v) is 11.3. The van der Waals surface area contributed by atoms with Gasteiger partial charge in [0.2, 0.25) is 0 Å². The molecule has 0 aliphatic heterocycles. The molecule has 2 heteroatoms. The van der Waals surface area contributed by atoms with Crippen molar-refractivity contribution in [3.63, 3.8) is 0 Å². The van der Waals surface area contributed by atoms with Crippen LogP contribution >= 0.6 is 15.9 Å². The van der Waals surface area contributed by atoms with E-state index in [0.29, 0.717) is 5.41 Å². The number of rotatable bonds is 3. The third-order valence-corrected chi connectivity index (χ3v) is 3.23. The molecule has 84 valence electrons. The van der Waals surface area contributed by atoms with Gasteiger partial charge in [0.05, 0.1) is 0 Å². The van der Waals surface area contributed by atoms with Crippen molar-refractivity contribution in [2.75, 3.05) is 0 Å². The SMILES string of the molecule is CC(C)(C)CCC(N)c1ccccc1Br. The fourth-order valence-electron chi connectivity index (χ4n) is 1.52. The predicted molar refractivity (Wildman–Crippen MR) is 69.8 cm³/mol. The van der Waals surface area contributed by atoms with Gasteiger partial charge in [-0.3, -0.25) is 0 Å². The Labute approximate surface area is 101 Å². The lowest BCUT2D eigenvalue weighted by atomic mass is 9.87. The Morgan fingerprint density at radius 2 is 1.87 bits per heavy atom. The van der Waals surface area contributed by atoms with Crippen molar-refractivity contribution >= 4 is 15.9 Å². The molecule has 1 aromatic carbocycles. The molecule has 0 saturated carbocycles. The Morgan fingerprint density at radius 1 is 1.27 bits per heavy atom. The van der Waals surface area contributed by atoms with Gasteiger partial charge in [-0.15, -0.1) is 0 Å². The highest BCUT2D eigenvalue weighted by molar-refractivity contribution is 9.10. The quantitative estimate of drug-likeness (QED) is 0.871. The first-order valence-electron chi connectivity index (χ1n) is 5.40. The van der Waals surface area contributed by atoms with E-state index >= 15 is 0 Å². The van der Waals surface area contributed by atoms with E-state index in [9.17, 15) is 0 Å². The van der Waals surface area contributed by atoms with Crippen LogP contribution in [0.3, 0.4) is 0 Å². The molecule has 0 spiro atoms. The first-order chi connectivity index (χ1) is 6.90. The lowest BCUT2D eigenvalue weighted by molar-refractivity contribution is 0.349. The summed E-state index contributed by atoms with van der Waals surface area (Å²) in [6.45, 7) is 6.75. The predicted octanol–water partition coefficient (Wildman–Crippen LogP) is 4.28. The molecule has 1 unspecified atom stereocenters. The van der Waals surface area contributed by atoms with E-state index in [2.05, 4.69) is 42.8 Å². The lowest BCUT2D eigenvalue weighted by Crippen LogP contribution is -2.15. The number of halogens is 1. The fourth-order valence-corrected chi connectivity index (χ4v) is 2.10. The molecule has 0 bridgehead atoms. The maximum Gasteiger partial charge on any atom is 0.0306 e. The number of hydrogen-bond acceptors (Lipinski definition) is 1. The molecular weight excluding hydrogens is 250 g/mol. The van der Waals surface area contributed by atoms with Crippen LogP contribution in [0.1, 0.15) is 45.2 Å². The summed E-state index contributed by atoms with van der Waals surface area (Å²) in [5, 5.41) is 0. The van der Waals surface area contributed by atoms with E-state index in [-0.39, 0.29) is 6.04 Å². The van der Waals surface area contributed by atoms with Crippen LogP contribution in [0, 0.1) is 5.41 Å².